The SMILES string of the molecule is CCNC(=O)Nc1cc(-c2nc(CF)cs2)c(-c2cncc(-c3n[nH]c(=O)o3)c2)cn1. The van der Waals surface area contributed by atoms with Crippen LogP contribution in [-0.4, -0.2) is 37.7 Å². The van der Waals surface area contributed by atoms with Crippen molar-refractivity contribution in [1.82, 2.24) is 30.5 Å². The van der Waals surface area contributed by atoms with Crippen molar-refractivity contribution >= 4 is 23.2 Å². The summed E-state index contributed by atoms with van der Waals surface area (Å²) in [5.74, 6) is -0.272. The van der Waals surface area contributed by atoms with Gasteiger partial charge < -0.3 is 9.73 Å². The fraction of sp³-hybridized carbons (Fsp3) is 0.158. The second-order valence-corrected chi connectivity index (χ2v) is 7.12. The standard InChI is InChI=1S/C19H16FN7O3S/c1-2-22-18(28)25-15-4-13(17-24-12(5-20)9-31-17)14(8-23-15)10-3-11(7-21-6-10)16-26-27-19(29)30-16/h3-4,6-9H,2,5H2,1H3,(H,27,29)(H2,22,23,25,28). The van der Waals surface area contributed by atoms with E-state index in [9.17, 15) is 14.0 Å². The number of alkyl halides is 1. The van der Waals surface area contributed by atoms with E-state index in [1.807, 2.05) is 0 Å². The molecule has 31 heavy (non-hydrogen) atoms. The van der Waals surface area contributed by atoms with Gasteiger partial charge in [0.1, 0.15) is 17.5 Å². The van der Waals surface area contributed by atoms with E-state index in [-0.39, 0.29) is 5.89 Å². The highest BCUT2D eigenvalue weighted by molar-refractivity contribution is 7.13. The number of rotatable bonds is 6. The van der Waals surface area contributed by atoms with Crippen molar-refractivity contribution in [1.29, 1.82) is 0 Å². The van der Waals surface area contributed by atoms with Crippen LogP contribution in [0.3, 0.4) is 0 Å². The summed E-state index contributed by atoms with van der Waals surface area (Å²) in [4.78, 5) is 36.0. The minimum Gasteiger partial charge on any atom is -0.388 e. The van der Waals surface area contributed by atoms with E-state index in [4.69, 9.17) is 4.42 Å². The molecule has 3 N–H and O–H groups in total. The van der Waals surface area contributed by atoms with Crippen molar-refractivity contribution in [3.05, 3.63) is 52.3 Å². The van der Waals surface area contributed by atoms with E-state index in [1.165, 1.54) is 17.5 Å². The monoisotopic (exact) mass is 441 g/mol. The Morgan fingerprint density at radius 3 is 2.77 bits per heavy atom. The van der Waals surface area contributed by atoms with Crippen molar-refractivity contribution < 1.29 is 13.6 Å². The third kappa shape index (κ3) is 4.48. The van der Waals surface area contributed by atoms with Crippen LogP contribution in [0.25, 0.3) is 33.2 Å². The molecule has 0 atom stereocenters. The summed E-state index contributed by atoms with van der Waals surface area (Å²) < 4.78 is 18.1. The molecule has 0 saturated heterocycles. The number of nitrogens with zero attached hydrogens (tertiary/aromatic N) is 4. The Bertz CT molecular complexity index is 1280. The van der Waals surface area contributed by atoms with E-state index in [2.05, 4.69) is 35.8 Å². The fourth-order valence-corrected chi connectivity index (χ4v) is 3.63. The number of halogens is 1. The van der Waals surface area contributed by atoms with Gasteiger partial charge in [0.05, 0.1) is 11.3 Å². The number of H-pyrrole nitrogens is 1. The van der Waals surface area contributed by atoms with Crippen LogP contribution in [0.4, 0.5) is 15.0 Å². The topological polar surface area (TPSA) is 139 Å². The Morgan fingerprint density at radius 2 is 2.06 bits per heavy atom. The molecule has 4 aromatic rings. The molecular formula is C19H16FN7O3S. The zero-order valence-corrected chi connectivity index (χ0v) is 17.0. The molecule has 4 aromatic heterocycles. The van der Waals surface area contributed by atoms with E-state index >= 15 is 0 Å². The number of aromatic nitrogens is 5. The smallest absolute Gasteiger partial charge is 0.388 e. The minimum absolute atomic E-state index is 0.0948. The molecule has 0 bridgehead atoms. The molecule has 12 heteroatoms. The van der Waals surface area contributed by atoms with Gasteiger partial charge >= 0.3 is 11.8 Å². The van der Waals surface area contributed by atoms with Gasteiger partial charge in [-0.25, -0.2) is 29.0 Å². The van der Waals surface area contributed by atoms with Crippen LogP contribution in [-0.2, 0) is 6.67 Å². The highest BCUT2D eigenvalue weighted by Gasteiger charge is 2.16. The first-order chi connectivity index (χ1) is 15.1. The molecule has 0 aromatic carbocycles. The first kappa shape index (κ1) is 20.3. The van der Waals surface area contributed by atoms with Gasteiger partial charge in [0, 0.05) is 47.2 Å². The molecule has 0 aliphatic rings. The van der Waals surface area contributed by atoms with Crippen LogP contribution < -0.4 is 16.4 Å². The van der Waals surface area contributed by atoms with Gasteiger partial charge in [-0.3, -0.25) is 10.3 Å². The molecule has 0 fully saturated rings. The molecule has 2 amide bonds. The zero-order chi connectivity index (χ0) is 21.8. The third-order valence-corrected chi connectivity index (χ3v) is 5.06. The first-order valence-electron chi connectivity index (χ1n) is 9.14. The molecule has 4 rings (SSSR count). The van der Waals surface area contributed by atoms with Crippen LogP contribution in [0.2, 0.25) is 0 Å². The summed E-state index contributed by atoms with van der Waals surface area (Å²) in [5.41, 5.74) is 2.72. The van der Waals surface area contributed by atoms with Crippen molar-refractivity contribution in [3.63, 3.8) is 0 Å². The lowest BCUT2D eigenvalue weighted by Gasteiger charge is -2.11. The Kier molecular flexibility index (Phi) is 5.80. The molecule has 0 saturated carbocycles. The fourth-order valence-electron chi connectivity index (χ4n) is 2.80. The molecule has 158 valence electrons. The number of amides is 2. The third-order valence-electron chi connectivity index (χ3n) is 4.14. The van der Waals surface area contributed by atoms with Gasteiger partial charge in [0.15, 0.2) is 0 Å². The number of anilines is 1. The van der Waals surface area contributed by atoms with Gasteiger partial charge in [-0.05, 0) is 19.1 Å². The van der Waals surface area contributed by atoms with Gasteiger partial charge in [-0.2, -0.15) is 0 Å². The second-order valence-electron chi connectivity index (χ2n) is 6.26. The molecule has 4 heterocycles. The summed E-state index contributed by atoms with van der Waals surface area (Å²) in [6.45, 7) is 1.58. The van der Waals surface area contributed by atoms with Crippen LogP contribution >= 0.6 is 11.3 Å². The number of carbonyl (C=O) groups excluding carboxylic acids is 1. The van der Waals surface area contributed by atoms with Gasteiger partial charge in [0.25, 0.3) is 5.89 Å². The highest BCUT2D eigenvalue weighted by atomic mass is 32.1. The Labute approximate surface area is 178 Å². The number of nitrogens with one attached hydrogen (secondary N) is 3. The van der Waals surface area contributed by atoms with Crippen LogP contribution in [0.5, 0.6) is 0 Å². The molecular weight excluding hydrogens is 425 g/mol. The largest absolute Gasteiger partial charge is 0.434 e. The summed E-state index contributed by atoms with van der Waals surface area (Å²) in [7, 11) is 0. The van der Waals surface area contributed by atoms with Gasteiger partial charge in [-0.15, -0.1) is 16.4 Å². The maximum atomic E-state index is 13.1. The second kappa shape index (κ2) is 8.83. The van der Waals surface area contributed by atoms with Crippen molar-refractivity contribution in [2.75, 3.05) is 11.9 Å². The summed E-state index contributed by atoms with van der Waals surface area (Å²) in [5, 5.41) is 13.5. The average Bonchev–Trinajstić information content (AvgIpc) is 3.43. The summed E-state index contributed by atoms with van der Waals surface area (Å²) in [6.07, 6.45) is 4.68. The average molecular weight is 441 g/mol. The minimum atomic E-state index is -0.684. The van der Waals surface area contributed by atoms with E-state index in [0.29, 0.717) is 45.3 Å². The van der Waals surface area contributed by atoms with E-state index in [1.54, 1.807) is 36.8 Å². The van der Waals surface area contributed by atoms with Crippen molar-refractivity contribution in [3.8, 4) is 33.2 Å². The Hall–Kier alpha value is -3.93. The molecule has 0 radical (unpaired) electrons. The predicted octanol–water partition coefficient (Wildman–Crippen LogP) is 3.22. The molecule has 10 nitrogen and oxygen atoms in total. The first-order valence-corrected chi connectivity index (χ1v) is 10.0. The maximum Gasteiger partial charge on any atom is 0.434 e. The number of hydrogen-bond acceptors (Lipinski definition) is 8. The maximum absolute atomic E-state index is 13.1. The van der Waals surface area contributed by atoms with Crippen LogP contribution in [0.15, 0.2) is 45.3 Å². The Balaban J connectivity index is 1.79. The molecule has 0 spiro atoms. The molecule has 0 unspecified atom stereocenters. The van der Waals surface area contributed by atoms with Crippen molar-refractivity contribution in [2.24, 2.45) is 0 Å². The van der Waals surface area contributed by atoms with Crippen LogP contribution in [0, 0.1) is 0 Å². The normalized spacial score (nSPS) is 10.8. The number of carbonyl (C=O) groups is 1. The van der Waals surface area contributed by atoms with Crippen molar-refractivity contribution in [2.45, 2.75) is 13.6 Å². The lowest BCUT2D eigenvalue weighted by Crippen LogP contribution is -2.28. The van der Waals surface area contributed by atoms with E-state index < -0.39 is 18.5 Å². The zero-order valence-electron chi connectivity index (χ0n) is 16.2. The van der Waals surface area contributed by atoms with E-state index in [0.717, 1.165) is 0 Å². The number of urea groups is 1. The quantitative estimate of drug-likeness (QED) is 0.417. The predicted molar refractivity (Wildman–Crippen MR) is 112 cm³/mol. The number of aromatic amines is 1. The van der Waals surface area contributed by atoms with Gasteiger partial charge in [-0.1, -0.05) is 0 Å². The van der Waals surface area contributed by atoms with Gasteiger partial charge in [0.2, 0.25) is 0 Å². The number of hydrogen-bond donors (Lipinski definition) is 3. The van der Waals surface area contributed by atoms with Crippen LogP contribution in [0.1, 0.15) is 12.6 Å². The summed E-state index contributed by atoms with van der Waals surface area (Å²) in [6, 6.07) is 2.99. The number of pyridine rings is 2. The molecule has 0 aliphatic carbocycles. The highest BCUT2D eigenvalue weighted by Crippen LogP contribution is 2.36. The lowest BCUT2D eigenvalue weighted by atomic mass is 10.0. The number of thiazole rings is 1. The summed E-state index contributed by atoms with van der Waals surface area (Å²) >= 11 is 1.27. The lowest BCUT2D eigenvalue weighted by molar-refractivity contribution is 0.252. The molecule has 0 aliphatic heterocycles. The Morgan fingerprint density at radius 1 is 1.23 bits per heavy atom.